The molecule has 0 saturated carbocycles. The zero-order valence-electron chi connectivity index (χ0n) is 18.8. The van der Waals surface area contributed by atoms with Crippen LogP contribution in [0.3, 0.4) is 0 Å². The monoisotopic (exact) mass is 472 g/mol. The molecule has 2 N–H and O–H groups in total. The molecule has 2 unspecified atom stereocenters. The molecule has 3 aromatic rings. The highest BCUT2D eigenvalue weighted by atomic mass is 32.2. The van der Waals surface area contributed by atoms with E-state index in [0.717, 1.165) is 30.5 Å². The normalized spacial score (nSPS) is 17.8. The molecule has 2 atom stereocenters. The zero-order chi connectivity index (χ0) is 23.4. The van der Waals surface area contributed by atoms with E-state index >= 15 is 0 Å². The number of nitrogens with one attached hydrogen (secondary N) is 2. The van der Waals surface area contributed by atoms with Gasteiger partial charge in [-0.3, -0.25) is 4.68 Å². The van der Waals surface area contributed by atoms with E-state index in [2.05, 4.69) is 27.3 Å². The first-order valence-electron chi connectivity index (χ1n) is 11.0. The van der Waals surface area contributed by atoms with E-state index in [1.807, 2.05) is 25.2 Å². The summed E-state index contributed by atoms with van der Waals surface area (Å²) in [5, 5.41) is 7.14. The second kappa shape index (κ2) is 10.0. The van der Waals surface area contributed by atoms with Crippen molar-refractivity contribution in [2.75, 3.05) is 26.7 Å². The van der Waals surface area contributed by atoms with Gasteiger partial charge in [-0.2, -0.15) is 5.10 Å². The van der Waals surface area contributed by atoms with Crippen molar-refractivity contribution in [2.45, 2.75) is 23.7 Å². The van der Waals surface area contributed by atoms with Gasteiger partial charge in [0.1, 0.15) is 11.5 Å². The molecule has 0 saturated heterocycles. The topological polar surface area (TPSA) is 85.2 Å². The van der Waals surface area contributed by atoms with Gasteiger partial charge in [0.2, 0.25) is 10.0 Å². The number of aromatic nitrogens is 2. The van der Waals surface area contributed by atoms with Crippen molar-refractivity contribution in [3.05, 3.63) is 77.4 Å². The van der Waals surface area contributed by atoms with Gasteiger partial charge in [0.15, 0.2) is 11.6 Å². The maximum absolute atomic E-state index is 14.8. The van der Waals surface area contributed by atoms with Crippen molar-refractivity contribution in [1.82, 2.24) is 19.8 Å². The molecule has 1 heterocycles. The number of halogens is 1. The second-order valence-electron chi connectivity index (χ2n) is 8.40. The predicted octanol–water partition coefficient (Wildman–Crippen LogP) is 2.63. The highest BCUT2D eigenvalue weighted by Crippen LogP contribution is 2.42. The highest BCUT2D eigenvalue weighted by molar-refractivity contribution is 7.89. The van der Waals surface area contributed by atoms with Gasteiger partial charge in [0, 0.05) is 19.8 Å². The number of rotatable bonds is 10. The highest BCUT2D eigenvalue weighted by Gasteiger charge is 2.33. The Morgan fingerprint density at radius 1 is 1.24 bits per heavy atom. The fourth-order valence-corrected chi connectivity index (χ4v) is 5.50. The van der Waals surface area contributed by atoms with E-state index < -0.39 is 15.8 Å². The molecular formula is C24H29FN4O3S. The van der Waals surface area contributed by atoms with Crippen LogP contribution < -0.4 is 14.8 Å². The maximum atomic E-state index is 14.8. The first-order chi connectivity index (χ1) is 15.9. The number of hydrogen-bond acceptors (Lipinski definition) is 5. The van der Waals surface area contributed by atoms with Gasteiger partial charge < -0.3 is 10.1 Å². The summed E-state index contributed by atoms with van der Waals surface area (Å²) in [6, 6.07) is 13.7. The Hall–Kier alpha value is -2.75. The van der Waals surface area contributed by atoms with E-state index in [9.17, 15) is 12.8 Å². The summed E-state index contributed by atoms with van der Waals surface area (Å²) in [5.74, 6) is 0.345. The molecular weight excluding hydrogens is 443 g/mol. The van der Waals surface area contributed by atoms with E-state index in [-0.39, 0.29) is 29.7 Å². The molecule has 9 heteroatoms. The van der Waals surface area contributed by atoms with Crippen molar-refractivity contribution in [1.29, 1.82) is 0 Å². The molecule has 176 valence electrons. The third kappa shape index (κ3) is 5.43. The summed E-state index contributed by atoms with van der Waals surface area (Å²) < 4.78 is 48.9. The van der Waals surface area contributed by atoms with Crippen LogP contribution in [0.25, 0.3) is 0 Å². The number of aryl methyl sites for hydroxylation is 1. The number of sulfonamides is 1. The van der Waals surface area contributed by atoms with Crippen molar-refractivity contribution in [2.24, 2.45) is 13.0 Å². The molecule has 0 fully saturated rings. The molecule has 2 aromatic carbocycles. The Kier molecular flexibility index (Phi) is 7.11. The van der Waals surface area contributed by atoms with Gasteiger partial charge in [0.25, 0.3) is 0 Å². The molecule has 33 heavy (non-hydrogen) atoms. The Morgan fingerprint density at radius 2 is 2.03 bits per heavy atom. The minimum absolute atomic E-state index is 0.0124. The first kappa shape index (κ1) is 23.4. The molecule has 0 spiro atoms. The summed E-state index contributed by atoms with van der Waals surface area (Å²) >= 11 is 0. The summed E-state index contributed by atoms with van der Waals surface area (Å²) in [5.41, 5.74) is 3.36. The van der Waals surface area contributed by atoms with Gasteiger partial charge in [-0.25, -0.2) is 17.5 Å². The van der Waals surface area contributed by atoms with Crippen molar-refractivity contribution < 1.29 is 17.5 Å². The van der Waals surface area contributed by atoms with E-state index in [0.29, 0.717) is 5.92 Å². The maximum Gasteiger partial charge on any atom is 0.243 e. The largest absolute Gasteiger partial charge is 0.489 e. The summed E-state index contributed by atoms with van der Waals surface area (Å²) in [6.07, 6.45) is 4.38. The molecule has 0 amide bonds. The Labute approximate surface area is 194 Å². The van der Waals surface area contributed by atoms with Gasteiger partial charge in [-0.1, -0.05) is 30.3 Å². The van der Waals surface area contributed by atoms with Crippen LogP contribution in [0.5, 0.6) is 5.75 Å². The number of hydrogen-bond donors (Lipinski definition) is 2. The third-order valence-electron chi connectivity index (χ3n) is 6.05. The van der Waals surface area contributed by atoms with Crippen LogP contribution in [0.15, 0.2) is 59.8 Å². The third-order valence-corrected chi connectivity index (χ3v) is 7.47. The average Bonchev–Trinajstić information content (AvgIpc) is 3.37. The van der Waals surface area contributed by atoms with Crippen LogP contribution in [0.1, 0.15) is 22.6 Å². The van der Waals surface area contributed by atoms with Crippen LogP contribution in [-0.4, -0.2) is 44.9 Å². The fraction of sp³-hybridized carbons (Fsp3) is 0.375. The Bertz CT molecular complexity index is 1200. The van der Waals surface area contributed by atoms with Crippen LogP contribution in [-0.2, 0) is 29.9 Å². The Balaban J connectivity index is 1.45. The summed E-state index contributed by atoms with van der Waals surface area (Å²) in [7, 11) is -0.106. The number of benzene rings is 2. The van der Waals surface area contributed by atoms with E-state index in [4.69, 9.17) is 4.74 Å². The van der Waals surface area contributed by atoms with Crippen LogP contribution in [0.2, 0.25) is 0 Å². The SMILES string of the molecule is CNCC1Cc2cc(F)c(OCCNS(=O)(=O)c3cnn(C)c3)cc2C1Cc1ccccc1. The van der Waals surface area contributed by atoms with Crippen molar-refractivity contribution in [3.8, 4) is 5.75 Å². The molecule has 1 aliphatic carbocycles. The molecule has 1 aromatic heterocycles. The second-order valence-corrected chi connectivity index (χ2v) is 10.2. The van der Waals surface area contributed by atoms with Crippen molar-refractivity contribution in [3.63, 3.8) is 0 Å². The quantitative estimate of drug-likeness (QED) is 0.443. The minimum atomic E-state index is -3.68. The smallest absolute Gasteiger partial charge is 0.243 e. The van der Waals surface area contributed by atoms with Gasteiger partial charge in [-0.15, -0.1) is 0 Å². The lowest BCUT2D eigenvalue weighted by atomic mass is 9.86. The number of nitrogens with zero attached hydrogens (tertiary/aromatic N) is 2. The summed E-state index contributed by atoms with van der Waals surface area (Å²) in [4.78, 5) is 0.0769. The molecule has 7 nitrogen and oxygen atoms in total. The predicted molar refractivity (Wildman–Crippen MR) is 124 cm³/mol. The van der Waals surface area contributed by atoms with E-state index in [1.165, 1.54) is 22.6 Å². The standard InChI is InChI=1S/C24H29FN4O3S/c1-26-14-19-11-18-12-23(25)24(13-22(18)21(19)10-17-6-4-3-5-7-17)32-9-8-28-33(30,31)20-15-27-29(2)16-20/h3-7,12-13,15-16,19,21,26,28H,8-11,14H2,1-2H3. The lowest BCUT2D eigenvalue weighted by Crippen LogP contribution is -2.28. The van der Waals surface area contributed by atoms with Crippen molar-refractivity contribution >= 4 is 10.0 Å². The lowest BCUT2D eigenvalue weighted by Gasteiger charge is -2.21. The van der Waals surface area contributed by atoms with Crippen LogP contribution in [0.4, 0.5) is 4.39 Å². The first-order valence-corrected chi connectivity index (χ1v) is 12.5. The molecule has 0 bridgehead atoms. The molecule has 1 aliphatic rings. The molecule has 0 radical (unpaired) electrons. The molecule has 0 aliphatic heterocycles. The van der Waals surface area contributed by atoms with Gasteiger partial charge in [0.05, 0.1) is 6.20 Å². The number of ether oxygens (including phenoxy) is 1. The lowest BCUT2D eigenvalue weighted by molar-refractivity contribution is 0.305. The van der Waals surface area contributed by atoms with Crippen LogP contribution >= 0.6 is 0 Å². The average molecular weight is 473 g/mol. The number of fused-ring (bicyclic) bond motifs is 1. The minimum Gasteiger partial charge on any atom is -0.489 e. The summed E-state index contributed by atoms with van der Waals surface area (Å²) in [6.45, 7) is 0.877. The van der Waals surface area contributed by atoms with Gasteiger partial charge >= 0.3 is 0 Å². The Morgan fingerprint density at radius 3 is 2.73 bits per heavy atom. The van der Waals surface area contributed by atoms with Gasteiger partial charge in [-0.05, 0) is 67.1 Å². The zero-order valence-corrected chi connectivity index (χ0v) is 19.6. The van der Waals surface area contributed by atoms with E-state index in [1.54, 1.807) is 19.2 Å². The molecule has 4 rings (SSSR count). The van der Waals surface area contributed by atoms with Crippen LogP contribution in [0, 0.1) is 11.7 Å². The fourth-order valence-electron chi connectivity index (χ4n) is 4.50.